The zero-order valence-corrected chi connectivity index (χ0v) is 43.2. The van der Waals surface area contributed by atoms with Gasteiger partial charge in [-0.3, -0.25) is 19.2 Å². The zero-order valence-electron chi connectivity index (χ0n) is 41.6. The number of nitrogens with zero attached hydrogens (tertiary/aromatic N) is 4. The molecule has 1 saturated heterocycles. The van der Waals surface area contributed by atoms with Crippen LogP contribution in [0.5, 0.6) is 5.75 Å². The Morgan fingerprint density at radius 3 is 2.23 bits per heavy atom. The molecule has 71 heavy (non-hydrogen) atoms. The SMILES string of the molecule is Cc1ncsc1-c1ccc([C@H](C)NC(=O)[C@@H]2C[C@@H](O)CN2C(=O)C(NC(=O)COCCNc2ccc(-c3ccc(C(=O)N[C@H]4C(C)(C)[C@H](Oc5ccc(C#N)c(Cl)c5)C4(C)C)cc3)cn2)C(C)(C)C)cc1. The second-order valence-electron chi connectivity index (χ2n) is 20.7. The van der Waals surface area contributed by atoms with Crippen LogP contribution in [0.4, 0.5) is 5.82 Å². The highest BCUT2D eigenvalue weighted by Gasteiger charge is 2.64. The second-order valence-corrected chi connectivity index (χ2v) is 21.9. The van der Waals surface area contributed by atoms with Crippen molar-refractivity contribution in [2.75, 3.05) is 31.6 Å². The summed E-state index contributed by atoms with van der Waals surface area (Å²) in [6.45, 7) is 17.8. The fraction of sp³-hybridized carbons (Fsp3) is 0.426. The molecule has 374 valence electrons. The summed E-state index contributed by atoms with van der Waals surface area (Å²) in [6.07, 6.45) is 0.699. The highest BCUT2D eigenvalue weighted by atomic mass is 35.5. The minimum absolute atomic E-state index is 0.0317. The number of ether oxygens (including phenoxy) is 2. The third-order valence-corrected chi connectivity index (χ3v) is 14.8. The van der Waals surface area contributed by atoms with E-state index in [1.54, 1.807) is 47.9 Å². The van der Waals surface area contributed by atoms with Gasteiger partial charge in [0.1, 0.15) is 42.4 Å². The van der Waals surface area contributed by atoms with E-state index in [1.165, 1.54) is 4.90 Å². The molecule has 1 aliphatic heterocycles. The molecule has 1 saturated carbocycles. The summed E-state index contributed by atoms with van der Waals surface area (Å²) in [6, 6.07) is 23.6. The van der Waals surface area contributed by atoms with Gasteiger partial charge in [0.2, 0.25) is 17.7 Å². The van der Waals surface area contributed by atoms with E-state index < -0.39 is 46.2 Å². The van der Waals surface area contributed by atoms with Crippen molar-refractivity contribution < 1.29 is 33.8 Å². The Balaban J connectivity index is 0.847. The van der Waals surface area contributed by atoms with Crippen molar-refractivity contribution in [3.63, 3.8) is 0 Å². The third kappa shape index (κ3) is 11.9. The van der Waals surface area contributed by atoms with Crippen LogP contribution < -0.4 is 26.0 Å². The summed E-state index contributed by atoms with van der Waals surface area (Å²) in [5.41, 5.74) is 5.83. The maximum Gasteiger partial charge on any atom is 0.251 e. The van der Waals surface area contributed by atoms with Crippen molar-refractivity contribution >= 4 is 52.4 Å². The van der Waals surface area contributed by atoms with Gasteiger partial charge < -0.3 is 40.7 Å². The minimum atomic E-state index is -0.988. The molecule has 4 amide bonds. The van der Waals surface area contributed by atoms with E-state index in [4.69, 9.17) is 21.1 Å². The van der Waals surface area contributed by atoms with Gasteiger partial charge in [-0.25, -0.2) is 9.97 Å². The molecule has 2 fully saturated rings. The molecular weight excluding hydrogens is 940 g/mol. The lowest BCUT2D eigenvalue weighted by Gasteiger charge is -2.63. The van der Waals surface area contributed by atoms with E-state index in [0.717, 1.165) is 32.8 Å². The van der Waals surface area contributed by atoms with E-state index >= 15 is 0 Å². The molecule has 0 bridgehead atoms. The Morgan fingerprint density at radius 2 is 1.62 bits per heavy atom. The van der Waals surface area contributed by atoms with Gasteiger partial charge in [0.05, 0.1) is 45.4 Å². The van der Waals surface area contributed by atoms with E-state index in [9.17, 15) is 29.5 Å². The predicted molar refractivity (Wildman–Crippen MR) is 275 cm³/mol. The summed E-state index contributed by atoms with van der Waals surface area (Å²) in [4.78, 5) is 65.8. The highest BCUT2D eigenvalue weighted by Crippen LogP contribution is 2.55. The topological polar surface area (TPSA) is 208 Å². The first-order valence-corrected chi connectivity index (χ1v) is 25.0. The first kappa shape index (κ1) is 52.4. The number of likely N-dealkylation sites (tertiary alicyclic amines) is 1. The van der Waals surface area contributed by atoms with Crippen LogP contribution in [-0.4, -0.2) is 100 Å². The Labute approximate surface area is 424 Å². The van der Waals surface area contributed by atoms with Gasteiger partial charge in [-0.15, -0.1) is 11.3 Å². The molecule has 3 aromatic carbocycles. The van der Waals surface area contributed by atoms with Crippen molar-refractivity contribution in [1.29, 1.82) is 5.26 Å². The van der Waals surface area contributed by atoms with E-state index in [1.807, 2.05) is 88.7 Å². The van der Waals surface area contributed by atoms with Gasteiger partial charge in [-0.05, 0) is 72.4 Å². The number of thiazole rings is 1. The molecule has 5 aromatic rings. The maximum absolute atomic E-state index is 14.1. The molecule has 2 aliphatic rings. The lowest BCUT2D eigenvalue weighted by Crippen LogP contribution is -2.74. The number of amides is 4. The first-order valence-electron chi connectivity index (χ1n) is 23.7. The lowest BCUT2D eigenvalue weighted by molar-refractivity contribution is -0.164. The van der Waals surface area contributed by atoms with Crippen LogP contribution in [0, 0.1) is 34.5 Å². The number of aromatic nitrogens is 2. The van der Waals surface area contributed by atoms with Crippen molar-refractivity contribution in [3.05, 3.63) is 118 Å². The van der Waals surface area contributed by atoms with E-state index in [2.05, 4.69) is 65.0 Å². The van der Waals surface area contributed by atoms with Crippen LogP contribution >= 0.6 is 22.9 Å². The van der Waals surface area contributed by atoms with Gasteiger partial charge >= 0.3 is 0 Å². The Kier molecular flexibility index (Phi) is 15.9. The van der Waals surface area contributed by atoms with Gasteiger partial charge in [0.25, 0.3) is 5.91 Å². The number of aryl methyl sites for hydroxylation is 1. The van der Waals surface area contributed by atoms with Crippen LogP contribution in [-0.2, 0) is 19.1 Å². The standard InChI is InChI=1S/C54H63ClN8O7S/c1-31(33-10-14-35(15-11-33)45-32(2)59-30-71-45)60-48(67)42-24-39(64)28-63(42)49(68)46(52(3,4)5)61-44(65)29-69-23-22-57-43-21-19-38(27-58-43)34-12-16-36(17-13-34)47(66)62-50-53(6,7)51(54(50,8)9)70-40-20-18-37(26-56)41(55)25-40/h10-21,25,27,30-31,39,42,46,50-51,64H,22-24,28-29H2,1-9H3,(H,57,58)(H,60,67)(H,61,65)(H,62,66)/t31-,39+,42-,46?,50-,51-/m0/s1. The zero-order chi connectivity index (χ0) is 51.4. The van der Waals surface area contributed by atoms with Gasteiger partial charge in [-0.2, -0.15) is 5.26 Å². The number of benzene rings is 3. The lowest BCUT2D eigenvalue weighted by atomic mass is 9.49. The van der Waals surface area contributed by atoms with Gasteiger partial charge in [0.15, 0.2) is 0 Å². The number of nitriles is 1. The number of aliphatic hydroxyl groups is 1. The molecule has 2 aromatic heterocycles. The number of nitrogens with one attached hydrogen (secondary N) is 4. The smallest absolute Gasteiger partial charge is 0.251 e. The number of halogens is 1. The summed E-state index contributed by atoms with van der Waals surface area (Å²) in [7, 11) is 0. The minimum Gasteiger partial charge on any atom is -0.489 e. The first-order chi connectivity index (χ1) is 33.6. The number of carbonyl (C=O) groups excluding carboxylic acids is 4. The average molecular weight is 1000 g/mol. The molecule has 15 nitrogen and oxygen atoms in total. The van der Waals surface area contributed by atoms with Crippen molar-refractivity contribution in [1.82, 2.24) is 30.8 Å². The second kappa shape index (κ2) is 21.5. The van der Waals surface area contributed by atoms with Crippen molar-refractivity contribution in [2.24, 2.45) is 16.2 Å². The number of anilines is 1. The number of β-amino-alcohol motifs (C(OH)–C–C–N with tert-alkyl or cyclic N) is 1. The van der Waals surface area contributed by atoms with Crippen LogP contribution in [0.25, 0.3) is 21.6 Å². The number of rotatable bonds is 17. The number of aliphatic hydroxyl groups excluding tert-OH is 1. The molecule has 5 N–H and O–H groups in total. The van der Waals surface area contributed by atoms with Crippen LogP contribution in [0.1, 0.15) is 95.0 Å². The normalized spacial score (nSPS) is 19.9. The molecule has 7 rings (SSSR count). The fourth-order valence-corrected chi connectivity index (χ4v) is 11.0. The van der Waals surface area contributed by atoms with E-state index in [0.29, 0.717) is 34.3 Å². The molecular formula is C54H63ClN8O7S. The Hall–Kier alpha value is -6.38. The monoisotopic (exact) mass is 1000 g/mol. The molecule has 3 heterocycles. The summed E-state index contributed by atoms with van der Waals surface area (Å²) in [5, 5.41) is 32.5. The molecule has 1 aliphatic carbocycles. The van der Waals surface area contributed by atoms with Crippen LogP contribution in [0.15, 0.2) is 90.6 Å². The van der Waals surface area contributed by atoms with Crippen LogP contribution in [0.3, 0.4) is 0 Å². The Morgan fingerprint density at radius 1 is 0.944 bits per heavy atom. The third-order valence-electron chi connectivity index (χ3n) is 13.5. The van der Waals surface area contributed by atoms with Crippen molar-refractivity contribution in [3.8, 4) is 33.4 Å². The summed E-state index contributed by atoms with van der Waals surface area (Å²) < 4.78 is 12.0. The quantitative estimate of drug-likeness (QED) is 0.0562. The van der Waals surface area contributed by atoms with Crippen molar-refractivity contribution in [2.45, 2.75) is 105 Å². The molecule has 1 unspecified atom stereocenters. The Bertz CT molecular complexity index is 2750. The van der Waals surface area contributed by atoms with Gasteiger partial charge in [0, 0.05) is 59.8 Å². The molecule has 17 heteroatoms. The number of carbonyl (C=O) groups is 4. The van der Waals surface area contributed by atoms with E-state index in [-0.39, 0.29) is 56.2 Å². The highest BCUT2D eigenvalue weighted by molar-refractivity contribution is 7.13. The maximum atomic E-state index is 14.1. The number of hydrogen-bond donors (Lipinski definition) is 5. The molecule has 0 radical (unpaired) electrons. The summed E-state index contributed by atoms with van der Waals surface area (Å²) >= 11 is 7.82. The summed E-state index contributed by atoms with van der Waals surface area (Å²) in [5.74, 6) is -0.339. The molecule has 0 spiro atoms. The van der Waals surface area contributed by atoms with Gasteiger partial charge in [-0.1, -0.05) is 96.5 Å². The number of hydrogen-bond acceptors (Lipinski definition) is 12. The largest absolute Gasteiger partial charge is 0.489 e. The average Bonchev–Trinajstić information content (AvgIpc) is 3.96. The fourth-order valence-electron chi connectivity index (χ4n) is 9.93. The van der Waals surface area contributed by atoms with Crippen LogP contribution in [0.2, 0.25) is 5.02 Å². The molecule has 4 atom stereocenters. The predicted octanol–water partition coefficient (Wildman–Crippen LogP) is 8.12. The number of pyridine rings is 1.